The molecule has 0 aromatic carbocycles. The number of fused-ring (bicyclic) bond motifs is 1. The lowest BCUT2D eigenvalue weighted by Crippen LogP contribution is -2.73. The summed E-state index contributed by atoms with van der Waals surface area (Å²) in [5.74, 6) is 0.427. The van der Waals surface area contributed by atoms with Gasteiger partial charge in [-0.25, -0.2) is 9.97 Å². The summed E-state index contributed by atoms with van der Waals surface area (Å²) in [4.78, 5) is 27.6. The van der Waals surface area contributed by atoms with E-state index in [1.807, 2.05) is 24.8 Å². The van der Waals surface area contributed by atoms with Gasteiger partial charge in [-0.05, 0) is 32.0 Å². The number of anilines is 1. The third-order valence-corrected chi connectivity index (χ3v) is 4.80. The van der Waals surface area contributed by atoms with Gasteiger partial charge in [0.05, 0.1) is 12.6 Å². The van der Waals surface area contributed by atoms with Crippen LogP contribution in [0.25, 0.3) is 0 Å². The molecule has 2 aromatic heterocycles. The highest BCUT2D eigenvalue weighted by Crippen LogP contribution is 2.39. The summed E-state index contributed by atoms with van der Waals surface area (Å²) in [5.41, 5.74) is 1.03. The molecule has 124 valence electrons. The maximum absolute atomic E-state index is 12.7. The third-order valence-electron chi connectivity index (χ3n) is 4.80. The van der Waals surface area contributed by atoms with E-state index < -0.39 is 11.6 Å². The maximum atomic E-state index is 12.7. The molecule has 7 heteroatoms. The van der Waals surface area contributed by atoms with Crippen LogP contribution in [0.15, 0.2) is 30.5 Å². The van der Waals surface area contributed by atoms with Crippen LogP contribution in [0.2, 0.25) is 0 Å². The molecular formula is C17H19N5O2. The second-order valence-corrected chi connectivity index (χ2v) is 6.51. The zero-order valence-corrected chi connectivity index (χ0v) is 13.6. The number of aryl methyl sites for hydroxylation is 2. The molecule has 2 N–H and O–H groups in total. The molecule has 2 fully saturated rings. The molecule has 2 saturated heterocycles. The zero-order chi connectivity index (χ0) is 16.9. The molecule has 4 rings (SSSR count). The van der Waals surface area contributed by atoms with Gasteiger partial charge in [0.15, 0.2) is 0 Å². The number of rotatable bonds is 3. The quantitative estimate of drug-likeness (QED) is 0.782. The number of Topliss-reactive ketones (excluding diaryl/α,β-unsaturated/α-hetero) is 1. The Morgan fingerprint density at radius 3 is 2.75 bits per heavy atom. The van der Waals surface area contributed by atoms with Crippen molar-refractivity contribution in [3.63, 3.8) is 0 Å². The van der Waals surface area contributed by atoms with Crippen LogP contribution >= 0.6 is 0 Å². The number of pyridine rings is 1. The average Bonchev–Trinajstić information content (AvgIpc) is 2.79. The molecule has 3 unspecified atom stereocenters. The summed E-state index contributed by atoms with van der Waals surface area (Å²) >= 11 is 0. The molecule has 2 aromatic rings. The minimum absolute atomic E-state index is 0.179. The Morgan fingerprint density at radius 2 is 2.08 bits per heavy atom. The summed E-state index contributed by atoms with van der Waals surface area (Å²) in [6, 6.07) is 6.25. The van der Waals surface area contributed by atoms with E-state index in [-0.39, 0.29) is 11.8 Å². The number of aliphatic hydroxyl groups is 1. The Morgan fingerprint density at radius 1 is 1.33 bits per heavy atom. The van der Waals surface area contributed by atoms with Crippen LogP contribution in [0.3, 0.4) is 0 Å². The van der Waals surface area contributed by atoms with Gasteiger partial charge in [0.2, 0.25) is 11.7 Å². The fourth-order valence-corrected chi connectivity index (χ4v) is 3.64. The predicted octanol–water partition coefficient (Wildman–Crippen LogP) is 0.263. The van der Waals surface area contributed by atoms with Gasteiger partial charge in [0.1, 0.15) is 17.3 Å². The molecule has 2 aliphatic heterocycles. The average molecular weight is 325 g/mol. The van der Waals surface area contributed by atoms with E-state index in [2.05, 4.69) is 20.3 Å². The van der Waals surface area contributed by atoms with Crippen LogP contribution < -0.4 is 10.2 Å². The number of β-amino-alcohol motifs (C(OH)–C–C–N with tert-alkyl or cyclic N) is 1. The zero-order valence-electron chi connectivity index (χ0n) is 13.6. The Balaban J connectivity index is 1.57. The van der Waals surface area contributed by atoms with E-state index in [4.69, 9.17) is 0 Å². The molecule has 3 atom stereocenters. The van der Waals surface area contributed by atoms with Crippen LogP contribution in [0.5, 0.6) is 0 Å². The molecule has 2 aliphatic rings. The molecule has 0 amide bonds. The molecule has 4 heterocycles. The van der Waals surface area contributed by atoms with Crippen molar-refractivity contribution in [3.05, 3.63) is 47.5 Å². The molecular weight excluding hydrogens is 306 g/mol. The lowest BCUT2D eigenvalue weighted by atomic mass is 9.79. The van der Waals surface area contributed by atoms with Gasteiger partial charge in [-0.1, -0.05) is 6.07 Å². The molecule has 0 aliphatic carbocycles. The number of carbonyl (C=O) groups is 1. The van der Waals surface area contributed by atoms with Crippen molar-refractivity contribution in [2.75, 3.05) is 18.0 Å². The van der Waals surface area contributed by atoms with Gasteiger partial charge >= 0.3 is 0 Å². The van der Waals surface area contributed by atoms with Crippen molar-refractivity contribution in [3.8, 4) is 0 Å². The van der Waals surface area contributed by atoms with Crippen LogP contribution in [-0.2, 0) is 0 Å². The summed E-state index contributed by atoms with van der Waals surface area (Å²) in [7, 11) is 0. The normalized spacial score (nSPS) is 28.4. The number of aromatic nitrogens is 3. The van der Waals surface area contributed by atoms with Crippen molar-refractivity contribution < 1.29 is 9.90 Å². The maximum Gasteiger partial charge on any atom is 0.226 e. The number of nitrogens with zero attached hydrogens (tertiary/aromatic N) is 4. The summed E-state index contributed by atoms with van der Waals surface area (Å²) in [5, 5.41) is 14.2. The number of carbonyl (C=O) groups excluding carboxylic acids is 1. The highest BCUT2D eigenvalue weighted by molar-refractivity contribution is 6.00. The Bertz CT molecular complexity index is 777. The van der Waals surface area contributed by atoms with E-state index in [1.54, 1.807) is 24.4 Å². The fourth-order valence-electron chi connectivity index (χ4n) is 3.64. The van der Waals surface area contributed by atoms with Crippen molar-refractivity contribution in [1.29, 1.82) is 0 Å². The Labute approximate surface area is 139 Å². The molecule has 0 bridgehead atoms. The number of hydrogen-bond acceptors (Lipinski definition) is 7. The lowest BCUT2D eigenvalue weighted by molar-refractivity contribution is -0.0211. The molecule has 24 heavy (non-hydrogen) atoms. The fraction of sp³-hybridized carbons (Fsp3) is 0.412. The SMILES string of the molecule is Cc1cc(C)nc(N2CC3(O)C(C(=O)c4ccccn4)NCC23)n1. The highest BCUT2D eigenvalue weighted by Gasteiger charge is 2.63. The summed E-state index contributed by atoms with van der Waals surface area (Å²) < 4.78 is 0. The standard InChI is InChI=1S/C17H19N5O2/c1-10-7-11(2)21-16(20-10)22-9-17(24)13(22)8-19-15(17)14(23)12-5-3-4-6-18-12/h3-7,13,15,19,24H,8-9H2,1-2H3. The van der Waals surface area contributed by atoms with Crippen molar-refractivity contribution in [2.45, 2.75) is 31.5 Å². The Kier molecular flexibility index (Phi) is 3.36. The van der Waals surface area contributed by atoms with Gasteiger partial charge in [-0.3, -0.25) is 9.78 Å². The largest absolute Gasteiger partial charge is 0.384 e. The van der Waals surface area contributed by atoms with Crippen LogP contribution in [0.1, 0.15) is 21.9 Å². The smallest absolute Gasteiger partial charge is 0.226 e. The molecule has 0 spiro atoms. The topological polar surface area (TPSA) is 91.2 Å². The van der Waals surface area contributed by atoms with E-state index in [9.17, 15) is 9.90 Å². The van der Waals surface area contributed by atoms with E-state index in [0.29, 0.717) is 24.7 Å². The second-order valence-electron chi connectivity index (χ2n) is 6.51. The van der Waals surface area contributed by atoms with E-state index in [1.165, 1.54) is 0 Å². The van der Waals surface area contributed by atoms with Gasteiger partial charge in [-0.2, -0.15) is 0 Å². The first-order valence-corrected chi connectivity index (χ1v) is 7.99. The highest BCUT2D eigenvalue weighted by atomic mass is 16.3. The van der Waals surface area contributed by atoms with Crippen LogP contribution in [0.4, 0.5) is 5.95 Å². The molecule has 7 nitrogen and oxygen atoms in total. The number of hydrogen-bond donors (Lipinski definition) is 2. The van der Waals surface area contributed by atoms with E-state index >= 15 is 0 Å². The van der Waals surface area contributed by atoms with Crippen molar-refractivity contribution in [2.24, 2.45) is 0 Å². The van der Waals surface area contributed by atoms with Crippen molar-refractivity contribution in [1.82, 2.24) is 20.3 Å². The lowest BCUT2D eigenvalue weighted by Gasteiger charge is -2.51. The van der Waals surface area contributed by atoms with Gasteiger partial charge < -0.3 is 15.3 Å². The van der Waals surface area contributed by atoms with Crippen LogP contribution in [-0.4, -0.2) is 56.6 Å². The first-order valence-electron chi connectivity index (χ1n) is 7.99. The Hall–Kier alpha value is -2.38. The number of nitrogens with one attached hydrogen (secondary N) is 1. The first-order chi connectivity index (χ1) is 11.5. The van der Waals surface area contributed by atoms with Crippen LogP contribution in [0, 0.1) is 13.8 Å². The third kappa shape index (κ3) is 2.20. The van der Waals surface area contributed by atoms with E-state index in [0.717, 1.165) is 11.4 Å². The summed E-state index contributed by atoms with van der Waals surface area (Å²) in [6.07, 6.45) is 1.58. The minimum atomic E-state index is -1.12. The van der Waals surface area contributed by atoms with Crippen molar-refractivity contribution >= 4 is 11.7 Å². The number of ketones is 1. The minimum Gasteiger partial charge on any atom is -0.384 e. The van der Waals surface area contributed by atoms with Gasteiger partial charge in [0.25, 0.3) is 0 Å². The van der Waals surface area contributed by atoms with Gasteiger partial charge in [-0.15, -0.1) is 0 Å². The second kappa shape index (κ2) is 5.32. The summed E-state index contributed by atoms with van der Waals surface area (Å²) in [6.45, 7) is 4.68. The monoisotopic (exact) mass is 325 g/mol. The first kappa shape index (κ1) is 15.2. The molecule has 0 saturated carbocycles. The molecule has 0 radical (unpaired) electrons. The predicted molar refractivity (Wildman–Crippen MR) is 87.9 cm³/mol. The van der Waals surface area contributed by atoms with Gasteiger partial charge in [0, 0.05) is 24.1 Å².